The Kier molecular flexibility index (Phi) is 4.76. The lowest BCUT2D eigenvalue weighted by molar-refractivity contribution is -0.385. The van der Waals surface area contributed by atoms with Crippen molar-refractivity contribution in [1.82, 2.24) is 9.88 Å². The van der Waals surface area contributed by atoms with Crippen molar-refractivity contribution in [3.8, 4) is 0 Å². The lowest BCUT2D eigenvalue weighted by Gasteiger charge is -2.16. The molecule has 0 aliphatic rings. The van der Waals surface area contributed by atoms with Gasteiger partial charge in [-0.2, -0.15) is 0 Å². The first kappa shape index (κ1) is 14.8. The van der Waals surface area contributed by atoms with Gasteiger partial charge in [0, 0.05) is 19.7 Å². The first-order valence-electron chi connectivity index (χ1n) is 5.10. The summed E-state index contributed by atoms with van der Waals surface area (Å²) >= 11 is 5.71. The van der Waals surface area contributed by atoms with Gasteiger partial charge in [-0.3, -0.25) is 19.7 Å². The molecule has 0 fully saturated rings. The molecule has 19 heavy (non-hydrogen) atoms. The normalized spacial score (nSPS) is 10.0. The van der Waals surface area contributed by atoms with Crippen molar-refractivity contribution in [2.45, 2.75) is 6.42 Å². The summed E-state index contributed by atoms with van der Waals surface area (Å²) in [5.41, 5.74) is -0.497. The van der Waals surface area contributed by atoms with E-state index < -0.39 is 16.8 Å². The third-order valence-electron chi connectivity index (χ3n) is 2.27. The van der Waals surface area contributed by atoms with Gasteiger partial charge in [-0.15, -0.1) is 0 Å². The molecule has 1 amide bonds. The average molecular weight is 288 g/mol. The third-order valence-corrected chi connectivity index (χ3v) is 2.57. The van der Waals surface area contributed by atoms with Crippen LogP contribution in [0.2, 0.25) is 5.15 Å². The van der Waals surface area contributed by atoms with Crippen LogP contribution in [-0.4, -0.2) is 45.4 Å². The summed E-state index contributed by atoms with van der Waals surface area (Å²) in [5, 5.41) is 18.9. The van der Waals surface area contributed by atoms with Crippen LogP contribution in [0.5, 0.6) is 0 Å². The van der Waals surface area contributed by atoms with E-state index in [1.807, 2.05) is 0 Å². The summed E-state index contributed by atoms with van der Waals surface area (Å²) in [6.45, 7) is -0.0345. The number of aliphatic carboxylic acids is 1. The minimum Gasteiger partial charge on any atom is -0.481 e. The Labute approximate surface area is 112 Å². The number of carboxylic acids is 1. The quantitative estimate of drug-likeness (QED) is 0.494. The maximum atomic E-state index is 11.9. The highest BCUT2D eigenvalue weighted by molar-refractivity contribution is 6.32. The summed E-state index contributed by atoms with van der Waals surface area (Å²) in [7, 11) is 1.38. The second-order valence-electron chi connectivity index (χ2n) is 3.66. The van der Waals surface area contributed by atoms with Crippen molar-refractivity contribution in [3.05, 3.63) is 33.1 Å². The number of hydrogen-bond donors (Lipinski definition) is 1. The molecule has 0 unspecified atom stereocenters. The molecular formula is C10H10ClN3O5. The fraction of sp³-hybridized carbons (Fsp3) is 0.300. The predicted molar refractivity (Wildman–Crippen MR) is 65.1 cm³/mol. The van der Waals surface area contributed by atoms with Gasteiger partial charge in [0.15, 0.2) is 0 Å². The Morgan fingerprint density at radius 2 is 2.21 bits per heavy atom. The molecule has 0 aliphatic carbocycles. The van der Waals surface area contributed by atoms with Crippen LogP contribution in [0.1, 0.15) is 16.8 Å². The number of hydrogen-bond acceptors (Lipinski definition) is 5. The summed E-state index contributed by atoms with van der Waals surface area (Å²) in [4.78, 5) is 36.9. The van der Waals surface area contributed by atoms with Crippen molar-refractivity contribution in [1.29, 1.82) is 0 Å². The van der Waals surface area contributed by atoms with E-state index in [4.69, 9.17) is 16.7 Å². The van der Waals surface area contributed by atoms with Gasteiger partial charge in [0.1, 0.15) is 11.3 Å². The molecule has 1 N–H and O–H groups in total. The van der Waals surface area contributed by atoms with Crippen LogP contribution >= 0.6 is 11.6 Å². The lowest BCUT2D eigenvalue weighted by atomic mass is 10.2. The molecule has 0 aliphatic heterocycles. The lowest BCUT2D eigenvalue weighted by Crippen LogP contribution is -2.29. The zero-order valence-corrected chi connectivity index (χ0v) is 10.6. The topological polar surface area (TPSA) is 114 Å². The second-order valence-corrected chi connectivity index (χ2v) is 4.02. The van der Waals surface area contributed by atoms with Gasteiger partial charge >= 0.3 is 5.97 Å². The number of halogens is 1. The van der Waals surface area contributed by atoms with Crippen LogP contribution in [0.25, 0.3) is 0 Å². The molecule has 0 spiro atoms. The molecular weight excluding hydrogens is 278 g/mol. The Morgan fingerprint density at radius 1 is 1.58 bits per heavy atom. The predicted octanol–water partition coefficient (Wildman–Crippen LogP) is 1.19. The Balaban J connectivity index is 2.95. The van der Waals surface area contributed by atoms with Gasteiger partial charge in [-0.25, -0.2) is 4.98 Å². The van der Waals surface area contributed by atoms with Crippen LogP contribution in [0.15, 0.2) is 12.3 Å². The van der Waals surface area contributed by atoms with E-state index >= 15 is 0 Å². The van der Waals surface area contributed by atoms with E-state index in [-0.39, 0.29) is 29.4 Å². The van der Waals surface area contributed by atoms with E-state index in [1.165, 1.54) is 7.05 Å². The summed E-state index contributed by atoms with van der Waals surface area (Å²) < 4.78 is 0. The molecule has 0 saturated heterocycles. The van der Waals surface area contributed by atoms with Crippen molar-refractivity contribution in [3.63, 3.8) is 0 Å². The van der Waals surface area contributed by atoms with Crippen LogP contribution in [0, 0.1) is 10.1 Å². The van der Waals surface area contributed by atoms with E-state index in [2.05, 4.69) is 4.98 Å². The minimum absolute atomic E-state index is 0.0345. The smallest absolute Gasteiger partial charge is 0.305 e. The van der Waals surface area contributed by atoms with Gasteiger partial charge in [0.05, 0.1) is 16.9 Å². The fourth-order valence-electron chi connectivity index (χ4n) is 1.26. The van der Waals surface area contributed by atoms with Crippen LogP contribution in [0.4, 0.5) is 5.69 Å². The second kappa shape index (κ2) is 6.10. The SMILES string of the molecule is CN(CCC(=O)O)C(=O)c1cc([N+](=O)[O-])cnc1Cl. The Bertz CT molecular complexity index is 534. The summed E-state index contributed by atoms with van der Waals surface area (Å²) in [5.74, 6) is -1.68. The van der Waals surface area contributed by atoms with Gasteiger partial charge in [0.25, 0.3) is 11.6 Å². The number of carbonyl (C=O) groups excluding carboxylic acids is 1. The van der Waals surface area contributed by atoms with Gasteiger partial charge < -0.3 is 10.0 Å². The molecule has 0 atom stereocenters. The monoisotopic (exact) mass is 287 g/mol. The zero-order valence-electron chi connectivity index (χ0n) is 9.87. The number of pyridine rings is 1. The summed E-state index contributed by atoms with van der Waals surface area (Å²) in [6, 6.07) is 1.01. The number of carboxylic acid groups (broad SMARTS) is 1. The highest BCUT2D eigenvalue weighted by Crippen LogP contribution is 2.20. The molecule has 1 aromatic heterocycles. The first-order chi connectivity index (χ1) is 8.82. The maximum Gasteiger partial charge on any atom is 0.305 e. The van der Waals surface area contributed by atoms with E-state index in [9.17, 15) is 19.7 Å². The highest BCUT2D eigenvalue weighted by Gasteiger charge is 2.20. The van der Waals surface area contributed by atoms with Crippen LogP contribution in [0.3, 0.4) is 0 Å². The van der Waals surface area contributed by atoms with Gasteiger partial charge in [0.2, 0.25) is 0 Å². The zero-order chi connectivity index (χ0) is 14.6. The molecule has 9 heteroatoms. The molecule has 102 valence electrons. The minimum atomic E-state index is -1.05. The van der Waals surface area contributed by atoms with E-state index in [0.29, 0.717) is 0 Å². The van der Waals surface area contributed by atoms with Crippen molar-refractivity contribution in [2.24, 2.45) is 0 Å². The van der Waals surface area contributed by atoms with Crippen LogP contribution < -0.4 is 0 Å². The summed E-state index contributed by atoms with van der Waals surface area (Å²) in [6.07, 6.45) is 0.707. The first-order valence-corrected chi connectivity index (χ1v) is 5.48. The Hall–Kier alpha value is -2.22. The molecule has 0 radical (unpaired) electrons. The molecule has 1 aromatic rings. The highest BCUT2D eigenvalue weighted by atomic mass is 35.5. The largest absolute Gasteiger partial charge is 0.481 e. The molecule has 1 heterocycles. The third kappa shape index (κ3) is 3.88. The number of nitrogens with zero attached hydrogens (tertiary/aromatic N) is 3. The molecule has 1 rings (SSSR count). The molecule has 0 aromatic carbocycles. The van der Waals surface area contributed by atoms with Crippen molar-refractivity contribution >= 4 is 29.2 Å². The Morgan fingerprint density at radius 3 is 2.74 bits per heavy atom. The fourth-order valence-corrected chi connectivity index (χ4v) is 1.44. The van der Waals surface area contributed by atoms with Crippen molar-refractivity contribution in [2.75, 3.05) is 13.6 Å². The van der Waals surface area contributed by atoms with Gasteiger partial charge in [-0.05, 0) is 0 Å². The van der Waals surface area contributed by atoms with E-state index in [1.54, 1.807) is 0 Å². The number of aromatic nitrogens is 1. The number of amides is 1. The van der Waals surface area contributed by atoms with Gasteiger partial charge in [-0.1, -0.05) is 11.6 Å². The molecule has 0 bridgehead atoms. The molecule has 8 nitrogen and oxygen atoms in total. The van der Waals surface area contributed by atoms with Crippen molar-refractivity contribution < 1.29 is 19.6 Å². The standard InChI is InChI=1S/C10H10ClN3O5/c1-13(3-2-8(15)16)10(17)7-4-6(14(18)19)5-12-9(7)11/h4-5H,2-3H2,1H3,(H,15,16). The number of carbonyl (C=O) groups is 2. The number of rotatable bonds is 5. The van der Waals surface area contributed by atoms with Crippen LogP contribution in [-0.2, 0) is 4.79 Å². The van der Waals surface area contributed by atoms with E-state index in [0.717, 1.165) is 17.2 Å². The average Bonchev–Trinajstić information content (AvgIpc) is 2.35. The number of nitro groups is 1. The molecule has 0 saturated carbocycles. The maximum absolute atomic E-state index is 11.9.